The van der Waals surface area contributed by atoms with Crippen molar-refractivity contribution in [2.75, 3.05) is 6.61 Å². The fourth-order valence-electron chi connectivity index (χ4n) is 2.20. The summed E-state index contributed by atoms with van der Waals surface area (Å²) in [6.07, 6.45) is 0.791. The second-order valence-corrected chi connectivity index (χ2v) is 6.41. The van der Waals surface area contributed by atoms with Gasteiger partial charge in [0.25, 0.3) is 0 Å². The smallest absolute Gasteiger partial charge is 0.0994 e. The van der Waals surface area contributed by atoms with Crippen molar-refractivity contribution in [3.63, 3.8) is 0 Å². The monoisotopic (exact) mass is 354 g/mol. The Morgan fingerprint density at radius 1 is 1.35 bits per heavy atom. The van der Waals surface area contributed by atoms with Crippen molar-refractivity contribution in [2.45, 2.75) is 25.5 Å². The van der Waals surface area contributed by atoms with Crippen molar-refractivity contribution in [3.8, 4) is 0 Å². The molecule has 0 aliphatic rings. The van der Waals surface area contributed by atoms with Gasteiger partial charge in [-0.3, -0.25) is 11.3 Å². The Kier molecular flexibility index (Phi) is 6.19. The molecule has 5 heteroatoms. The van der Waals surface area contributed by atoms with Gasteiger partial charge in [-0.2, -0.15) is 0 Å². The van der Waals surface area contributed by atoms with E-state index < -0.39 is 0 Å². The van der Waals surface area contributed by atoms with E-state index in [1.54, 1.807) is 11.3 Å². The van der Waals surface area contributed by atoms with E-state index in [-0.39, 0.29) is 12.1 Å². The zero-order valence-corrected chi connectivity index (χ0v) is 13.8. The molecule has 0 fully saturated rings. The molecule has 1 heterocycles. The van der Waals surface area contributed by atoms with E-state index in [0.29, 0.717) is 6.61 Å². The summed E-state index contributed by atoms with van der Waals surface area (Å²) in [6.45, 7) is 2.66. The van der Waals surface area contributed by atoms with Gasteiger partial charge in [-0.05, 0) is 34.5 Å². The first-order chi connectivity index (χ1) is 9.74. The molecule has 0 saturated heterocycles. The minimum Gasteiger partial charge on any atom is -0.372 e. The lowest BCUT2D eigenvalue weighted by molar-refractivity contribution is 0.0334. The maximum Gasteiger partial charge on any atom is 0.0994 e. The highest BCUT2D eigenvalue weighted by molar-refractivity contribution is 9.10. The van der Waals surface area contributed by atoms with E-state index in [1.807, 2.05) is 25.1 Å². The Labute approximate surface area is 132 Å². The third-order valence-corrected chi connectivity index (χ3v) is 4.82. The molecule has 2 atom stereocenters. The number of hydrogen-bond donors (Lipinski definition) is 2. The van der Waals surface area contributed by atoms with Crippen molar-refractivity contribution >= 4 is 27.3 Å². The molecule has 1 aromatic carbocycles. The van der Waals surface area contributed by atoms with Gasteiger partial charge in [0.05, 0.1) is 12.1 Å². The third kappa shape index (κ3) is 4.14. The Balaban J connectivity index is 2.17. The van der Waals surface area contributed by atoms with Crippen LogP contribution in [0.3, 0.4) is 0 Å². The van der Waals surface area contributed by atoms with Gasteiger partial charge >= 0.3 is 0 Å². The molecule has 0 spiro atoms. The molecule has 0 aliphatic carbocycles. The molecule has 0 aliphatic heterocycles. The summed E-state index contributed by atoms with van der Waals surface area (Å²) < 4.78 is 7.02. The van der Waals surface area contributed by atoms with Crippen LogP contribution in [-0.4, -0.2) is 12.6 Å². The maximum absolute atomic E-state index is 5.91. The zero-order chi connectivity index (χ0) is 14.4. The number of ether oxygens (including phenoxy) is 1. The molecule has 20 heavy (non-hydrogen) atoms. The zero-order valence-electron chi connectivity index (χ0n) is 11.4. The van der Waals surface area contributed by atoms with E-state index in [1.165, 1.54) is 4.88 Å². The van der Waals surface area contributed by atoms with Gasteiger partial charge in [0.1, 0.15) is 0 Å². The number of rotatable bonds is 7. The van der Waals surface area contributed by atoms with Crippen molar-refractivity contribution in [1.82, 2.24) is 5.43 Å². The molecule has 108 valence electrons. The highest BCUT2D eigenvalue weighted by atomic mass is 79.9. The molecular weight excluding hydrogens is 336 g/mol. The SMILES string of the molecule is CCOC(c1ccccc1)C(Cc1cc(Br)cs1)NN. The van der Waals surface area contributed by atoms with Gasteiger partial charge in [-0.15, -0.1) is 11.3 Å². The molecule has 1 aromatic heterocycles. The van der Waals surface area contributed by atoms with Crippen LogP contribution in [0.15, 0.2) is 46.3 Å². The largest absolute Gasteiger partial charge is 0.372 e. The number of thiophene rings is 1. The summed E-state index contributed by atoms with van der Waals surface area (Å²) in [5.74, 6) is 5.76. The van der Waals surface area contributed by atoms with E-state index >= 15 is 0 Å². The number of nitrogens with two attached hydrogens (primary N) is 1. The number of halogens is 1. The third-order valence-electron chi connectivity index (χ3n) is 3.10. The van der Waals surface area contributed by atoms with Crippen molar-refractivity contribution < 1.29 is 4.74 Å². The fourth-order valence-corrected chi connectivity index (χ4v) is 3.71. The molecule has 2 rings (SSSR count). The minimum absolute atomic E-state index is 0.0444. The summed E-state index contributed by atoms with van der Waals surface area (Å²) in [5, 5.41) is 2.08. The van der Waals surface area contributed by atoms with Gasteiger partial charge in [0.2, 0.25) is 0 Å². The minimum atomic E-state index is -0.0490. The topological polar surface area (TPSA) is 47.3 Å². The van der Waals surface area contributed by atoms with Gasteiger partial charge in [0, 0.05) is 27.8 Å². The lowest BCUT2D eigenvalue weighted by Crippen LogP contribution is -2.42. The maximum atomic E-state index is 5.91. The molecule has 3 N–H and O–H groups in total. The first-order valence-corrected chi connectivity index (χ1v) is 8.27. The number of hydrogen-bond acceptors (Lipinski definition) is 4. The Hall–Kier alpha value is -0.720. The summed E-state index contributed by atoms with van der Waals surface area (Å²) in [4.78, 5) is 1.28. The van der Waals surface area contributed by atoms with Gasteiger partial charge in [-0.25, -0.2) is 0 Å². The van der Waals surface area contributed by atoms with Gasteiger partial charge in [0.15, 0.2) is 0 Å². The molecule has 0 saturated carbocycles. The van der Waals surface area contributed by atoms with Crippen LogP contribution in [0.2, 0.25) is 0 Å². The molecule has 3 nitrogen and oxygen atoms in total. The predicted molar refractivity (Wildman–Crippen MR) is 87.6 cm³/mol. The van der Waals surface area contributed by atoms with Crippen LogP contribution in [0, 0.1) is 0 Å². The quantitative estimate of drug-likeness (QED) is 0.589. The lowest BCUT2D eigenvalue weighted by Gasteiger charge is -2.26. The average Bonchev–Trinajstić information content (AvgIpc) is 2.89. The van der Waals surface area contributed by atoms with Crippen LogP contribution >= 0.6 is 27.3 Å². The summed E-state index contributed by atoms with van der Waals surface area (Å²) in [5.41, 5.74) is 4.06. The van der Waals surface area contributed by atoms with Crippen molar-refractivity contribution in [2.24, 2.45) is 5.84 Å². The van der Waals surface area contributed by atoms with Gasteiger partial charge < -0.3 is 4.74 Å². The predicted octanol–water partition coefficient (Wildman–Crippen LogP) is 3.66. The average molecular weight is 355 g/mol. The van der Waals surface area contributed by atoms with Crippen molar-refractivity contribution in [1.29, 1.82) is 0 Å². The van der Waals surface area contributed by atoms with Crippen LogP contribution in [0.5, 0.6) is 0 Å². The number of benzene rings is 1. The molecular formula is C15H19BrN2OS. The van der Waals surface area contributed by atoms with E-state index in [0.717, 1.165) is 16.5 Å². The molecule has 2 unspecified atom stereocenters. The Morgan fingerprint density at radius 3 is 2.65 bits per heavy atom. The van der Waals surface area contributed by atoms with Gasteiger partial charge in [-0.1, -0.05) is 30.3 Å². The van der Waals surface area contributed by atoms with Crippen molar-refractivity contribution in [3.05, 3.63) is 56.7 Å². The second kappa shape index (κ2) is 7.90. The van der Waals surface area contributed by atoms with E-state index in [4.69, 9.17) is 10.6 Å². The van der Waals surface area contributed by atoms with Crippen LogP contribution in [0.1, 0.15) is 23.5 Å². The fraction of sp³-hybridized carbons (Fsp3) is 0.333. The first kappa shape index (κ1) is 15.7. The second-order valence-electron chi connectivity index (χ2n) is 4.50. The number of nitrogens with one attached hydrogen (secondary N) is 1. The molecule has 0 bridgehead atoms. The van der Waals surface area contributed by atoms with E-state index in [2.05, 4.69) is 44.9 Å². The Bertz CT molecular complexity index is 518. The summed E-state index contributed by atoms with van der Waals surface area (Å²) >= 11 is 5.21. The molecule has 0 amide bonds. The highest BCUT2D eigenvalue weighted by Crippen LogP contribution is 2.27. The first-order valence-electron chi connectivity index (χ1n) is 6.60. The lowest BCUT2D eigenvalue weighted by atomic mass is 9.99. The summed E-state index contributed by atoms with van der Waals surface area (Å²) in [7, 11) is 0. The van der Waals surface area contributed by atoms with Crippen LogP contribution in [-0.2, 0) is 11.2 Å². The van der Waals surface area contributed by atoms with E-state index in [9.17, 15) is 0 Å². The van der Waals surface area contributed by atoms with Crippen LogP contribution < -0.4 is 11.3 Å². The number of hydrazine groups is 1. The molecule has 2 aromatic rings. The molecule has 0 radical (unpaired) electrons. The summed E-state index contributed by atoms with van der Waals surface area (Å²) in [6, 6.07) is 12.4. The van der Waals surface area contributed by atoms with Crippen LogP contribution in [0.25, 0.3) is 0 Å². The van der Waals surface area contributed by atoms with Crippen LogP contribution in [0.4, 0.5) is 0 Å². The standard InChI is InChI=1S/C15H19BrN2OS/c1-2-19-15(11-6-4-3-5-7-11)14(18-17)9-13-8-12(16)10-20-13/h3-8,10,14-15,18H,2,9,17H2,1H3. The Morgan fingerprint density at radius 2 is 2.10 bits per heavy atom. The highest BCUT2D eigenvalue weighted by Gasteiger charge is 2.23. The normalized spacial score (nSPS) is 14.2.